The number of hydrogen-bond donors (Lipinski definition) is 2. The standard InChI is InChI=1S/C20H24N2O2/c1-4-16-8-10-18(11-9-16)15(2)22-20(23)21-13-12-17-6-5-7-19(14-17)24-3/h5-15H,4H2,1-3H3,(H2,21,22,23)/b13-12+. The average Bonchev–Trinajstić information content (AvgIpc) is 2.62. The van der Waals surface area contributed by atoms with Crippen molar-refractivity contribution in [2.24, 2.45) is 0 Å². The number of nitrogens with one attached hydrogen (secondary N) is 2. The maximum absolute atomic E-state index is 12.0. The molecule has 0 aromatic heterocycles. The first kappa shape index (κ1) is 17.6. The van der Waals surface area contributed by atoms with Gasteiger partial charge in [0.15, 0.2) is 0 Å². The number of urea groups is 1. The van der Waals surface area contributed by atoms with Gasteiger partial charge in [-0.05, 0) is 48.2 Å². The van der Waals surface area contributed by atoms with Crippen LogP contribution in [0.5, 0.6) is 5.75 Å². The van der Waals surface area contributed by atoms with Crippen LogP contribution in [0.3, 0.4) is 0 Å². The first-order valence-electron chi connectivity index (χ1n) is 8.09. The van der Waals surface area contributed by atoms with Crippen LogP contribution in [-0.4, -0.2) is 13.1 Å². The van der Waals surface area contributed by atoms with Crippen molar-refractivity contribution in [2.45, 2.75) is 26.3 Å². The first-order chi connectivity index (χ1) is 11.6. The van der Waals surface area contributed by atoms with Gasteiger partial charge in [-0.2, -0.15) is 0 Å². The maximum Gasteiger partial charge on any atom is 0.319 e. The third-order valence-corrected chi connectivity index (χ3v) is 3.82. The van der Waals surface area contributed by atoms with Gasteiger partial charge in [-0.3, -0.25) is 0 Å². The van der Waals surface area contributed by atoms with Crippen LogP contribution in [0.2, 0.25) is 0 Å². The molecule has 24 heavy (non-hydrogen) atoms. The summed E-state index contributed by atoms with van der Waals surface area (Å²) in [6, 6.07) is 15.6. The molecule has 0 fully saturated rings. The molecule has 1 atom stereocenters. The highest BCUT2D eigenvalue weighted by atomic mass is 16.5. The van der Waals surface area contributed by atoms with Crippen molar-refractivity contribution in [2.75, 3.05) is 7.11 Å². The van der Waals surface area contributed by atoms with E-state index in [9.17, 15) is 4.79 Å². The minimum Gasteiger partial charge on any atom is -0.497 e. The van der Waals surface area contributed by atoms with Gasteiger partial charge in [0.2, 0.25) is 0 Å². The summed E-state index contributed by atoms with van der Waals surface area (Å²) in [5.41, 5.74) is 3.33. The monoisotopic (exact) mass is 324 g/mol. The van der Waals surface area contributed by atoms with Crippen molar-refractivity contribution in [3.8, 4) is 5.75 Å². The number of ether oxygens (including phenoxy) is 1. The summed E-state index contributed by atoms with van der Waals surface area (Å²) in [4.78, 5) is 12.0. The molecule has 2 aromatic carbocycles. The molecule has 0 aliphatic carbocycles. The second-order valence-corrected chi connectivity index (χ2v) is 5.54. The van der Waals surface area contributed by atoms with E-state index in [-0.39, 0.29) is 12.1 Å². The second kappa shape index (κ2) is 8.77. The number of carbonyl (C=O) groups excluding carboxylic acids is 1. The number of carbonyl (C=O) groups is 1. The Hall–Kier alpha value is -2.75. The topological polar surface area (TPSA) is 50.4 Å². The third-order valence-electron chi connectivity index (χ3n) is 3.82. The summed E-state index contributed by atoms with van der Waals surface area (Å²) in [7, 11) is 1.63. The molecule has 0 saturated carbocycles. The Balaban J connectivity index is 1.86. The Morgan fingerprint density at radius 1 is 1.21 bits per heavy atom. The number of methoxy groups -OCH3 is 1. The van der Waals surface area contributed by atoms with Gasteiger partial charge in [-0.1, -0.05) is 43.3 Å². The van der Waals surface area contributed by atoms with Crippen LogP contribution in [0.1, 0.15) is 36.6 Å². The van der Waals surface area contributed by atoms with Crippen LogP contribution in [0, 0.1) is 0 Å². The largest absolute Gasteiger partial charge is 0.497 e. The SMILES string of the molecule is CCc1ccc(C(C)NC(=O)N/C=C/c2cccc(OC)c2)cc1. The van der Waals surface area contributed by atoms with Gasteiger partial charge < -0.3 is 15.4 Å². The lowest BCUT2D eigenvalue weighted by atomic mass is 10.1. The molecule has 126 valence electrons. The molecule has 0 bridgehead atoms. The van der Waals surface area contributed by atoms with Crippen LogP contribution in [0.4, 0.5) is 4.79 Å². The summed E-state index contributed by atoms with van der Waals surface area (Å²) in [6.07, 6.45) is 4.46. The minimum absolute atomic E-state index is 0.0545. The Labute approximate surface area is 143 Å². The Morgan fingerprint density at radius 3 is 2.62 bits per heavy atom. The molecule has 2 amide bonds. The zero-order valence-electron chi connectivity index (χ0n) is 14.4. The summed E-state index contributed by atoms with van der Waals surface area (Å²) in [5.74, 6) is 0.783. The van der Waals surface area contributed by atoms with E-state index in [0.29, 0.717) is 0 Å². The highest BCUT2D eigenvalue weighted by Crippen LogP contribution is 2.14. The van der Waals surface area contributed by atoms with E-state index in [2.05, 4.69) is 41.8 Å². The quantitative estimate of drug-likeness (QED) is 0.833. The highest BCUT2D eigenvalue weighted by Gasteiger charge is 2.08. The Kier molecular flexibility index (Phi) is 6.43. The van der Waals surface area contributed by atoms with Crippen molar-refractivity contribution in [3.05, 3.63) is 71.4 Å². The predicted octanol–water partition coefficient (Wildman–Crippen LogP) is 4.29. The van der Waals surface area contributed by atoms with Gasteiger partial charge in [0.25, 0.3) is 0 Å². The van der Waals surface area contributed by atoms with Crippen molar-refractivity contribution in [1.82, 2.24) is 10.6 Å². The molecule has 0 saturated heterocycles. The van der Waals surface area contributed by atoms with Gasteiger partial charge in [-0.15, -0.1) is 0 Å². The van der Waals surface area contributed by atoms with E-state index in [1.165, 1.54) is 5.56 Å². The van der Waals surface area contributed by atoms with Crippen LogP contribution >= 0.6 is 0 Å². The molecule has 1 unspecified atom stereocenters. The number of hydrogen-bond acceptors (Lipinski definition) is 2. The Morgan fingerprint density at radius 2 is 1.96 bits per heavy atom. The third kappa shape index (κ3) is 5.16. The zero-order chi connectivity index (χ0) is 17.4. The number of aryl methyl sites for hydroxylation is 1. The predicted molar refractivity (Wildman–Crippen MR) is 97.9 cm³/mol. The van der Waals surface area contributed by atoms with E-state index in [1.807, 2.05) is 37.3 Å². The zero-order valence-corrected chi connectivity index (χ0v) is 14.4. The van der Waals surface area contributed by atoms with Crippen molar-refractivity contribution < 1.29 is 9.53 Å². The van der Waals surface area contributed by atoms with E-state index in [0.717, 1.165) is 23.3 Å². The number of rotatable bonds is 6. The number of benzene rings is 2. The summed E-state index contributed by atoms with van der Waals surface area (Å²) < 4.78 is 5.17. The van der Waals surface area contributed by atoms with E-state index in [1.54, 1.807) is 13.3 Å². The molecule has 2 N–H and O–H groups in total. The molecule has 2 rings (SSSR count). The lowest BCUT2D eigenvalue weighted by molar-refractivity contribution is 0.241. The fourth-order valence-electron chi connectivity index (χ4n) is 2.32. The summed E-state index contributed by atoms with van der Waals surface area (Å²) >= 11 is 0. The highest BCUT2D eigenvalue weighted by molar-refractivity contribution is 5.76. The fraction of sp³-hybridized carbons (Fsp3) is 0.250. The van der Waals surface area contributed by atoms with Crippen LogP contribution in [0.15, 0.2) is 54.7 Å². The van der Waals surface area contributed by atoms with Crippen molar-refractivity contribution in [1.29, 1.82) is 0 Å². The molecule has 0 aliphatic heterocycles. The molecule has 0 aliphatic rings. The number of amides is 2. The van der Waals surface area contributed by atoms with E-state index >= 15 is 0 Å². The average molecular weight is 324 g/mol. The van der Waals surface area contributed by atoms with Crippen LogP contribution in [0.25, 0.3) is 6.08 Å². The first-order valence-corrected chi connectivity index (χ1v) is 8.09. The second-order valence-electron chi connectivity index (χ2n) is 5.54. The molecule has 4 nitrogen and oxygen atoms in total. The molecular weight excluding hydrogens is 300 g/mol. The normalized spacial score (nSPS) is 12.0. The lowest BCUT2D eigenvalue weighted by Gasteiger charge is -2.14. The lowest BCUT2D eigenvalue weighted by Crippen LogP contribution is -2.34. The van der Waals surface area contributed by atoms with Crippen molar-refractivity contribution in [3.63, 3.8) is 0 Å². The molecule has 0 spiro atoms. The molecule has 0 radical (unpaired) electrons. The molecular formula is C20H24N2O2. The van der Waals surface area contributed by atoms with E-state index < -0.39 is 0 Å². The van der Waals surface area contributed by atoms with Gasteiger partial charge in [-0.25, -0.2) is 4.79 Å². The van der Waals surface area contributed by atoms with Gasteiger partial charge in [0.05, 0.1) is 13.2 Å². The van der Waals surface area contributed by atoms with Gasteiger partial charge >= 0.3 is 6.03 Å². The summed E-state index contributed by atoms with van der Waals surface area (Å²) in [5, 5.41) is 5.64. The summed E-state index contributed by atoms with van der Waals surface area (Å²) in [6.45, 7) is 4.09. The smallest absolute Gasteiger partial charge is 0.319 e. The Bertz CT molecular complexity index is 693. The van der Waals surface area contributed by atoms with Gasteiger partial charge in [0.1, 0.15) is 5.75 Å². The minimum atomic E-state index is -0.235. The van der Waals surface area contributed by atoms with E-state index in [4.69, 9.17) is 4.74 Å². The van der Waals surface area contributed by atoms with Crippen LogP contribution in [-0.2, 0) is 6.42 Å². The molecule has 0 heterocycles. The van der Waals surface area contributed by atoms with Crippen LogP contribution < -0.4 is 15.4 Å². The molecule has 4 heteroatoms. The maximum atomic E-state index is 12.0. The fourth-order valence-corrected chi connectivity index (χ4v) is 2.32. The van der Waals surface area contributed by atoms with Crippen molar-refractivity contribution >= 4 is 12.1 Å². The molecule has 2 aromatic rings. The van der Waals surface area contributed by atoms with Gasteiger partial charge in [0, 0.05) is 6.20 Å².